The second-order valence-electron chi connectivity index (χ2n) is 6.78. The zero-order valence-electron chi connectivity index (χ0n) is 14.9. The van der Waals surface area contributed by atoms with Gasteiger partial charge in [-0.3, -0.25) is 14.4 Å². The molecule has 1 aromatic heterocycles. The molecule has 28 heavy (non-hydrogen) atoms. The Labute approximate surface area is 166 Å². The lowest BCUT2D eigenvalue weighted by Crippen LogP contribution is -2.29. The third-order valence-corrected chi connectivity index (χ3v) is 5.27. The highest BCUT2D eigenvalue weighted by Gasteiger charge is 2.28. The minimum Gasteiger partial charge on any atom is -0.325 e. The summed E-state index contributed by atoms with van der Waals surface area (Å²) in [6, 6.07) is 17.9. The maximum Gasteiger partial charge on any atom is 0.261 e. The number of amides is 1. The van der Waals surface area contributed by atoms with Crippen LogP contribution in [0.2, 0.25) is 5.02 Å². The highest BCUT2D eigenvalue weighted by Crippen LogP contribution is 2.31. The molecule has 0 saturated heterocycles. The summed E-state index contributed by atoms with van der Waals surface area (Å²) in [4.78, 5) is 40.5. The number of ketones is 1. The summed E-state index contributed by atoms with van der Waals surface area (Å²) < 4.78 is 0. The van der Waals surface area contributed by atoms with E-state index in [4.69, 9.17) is 11.6 Å². The number of rotatable bonds is 3. The number of halogens is 1. The van der Waals surface area contributed by atoms with Crippen LogP contribution in [0, 0.1) is 0 Å². The molecule has 0 spiro atoms. The molecule has 0 fully saturated rings. The zero-order chi connectivity index (χ0) is 19.7. The molecule has 0 bridgehead atoms. The zero-order valence-corrected chi connectivity index (χ0v) is 15.6. The first-order valence-electron chi connectivity index (χ1n) is 8.93. The Hall–Kier alpha value is -3.18. The standard InChI is InChI=1S/C22H17ClN2O3/c23-17-8-4-5-9-18(17)24-21(27)16-12-15-19(25-22(16)28)10-14(11-20(15)26)13-6-2-1-3-7-13/h1-9,12,14H,10-11H2,(H,24,27)(H,25,28)/t14-/m1/s1. The molecule has 4 rings (SSSR count). The number of pyridine rings is 1. The number of hydrogen-bond acceptors (Lipinski definition) is 3. The van der Waals surface area contributed by atoms with Crippen LogP contribution in [0.25, 0.3) is 0 Å². The molecule has 1 aliphatic rings. The van der Waals surface area contributed by atoms with Gasteiger partial charge in [0, 0.05) is 17.7 Å². The fourth-order valence-electron chi connectivity index (χ4n) is 3.51. The average molecular weight is 393 g/mol. The molecule has 2 aromatic carbocycles. The van der Waals surface area contributed by atoms with Gasteiger partial charge in [-0.2, -0.15) is 0 Å². The summed E-state index contributed by atoms with van der Waals surface area (Å²) in [7, 11) is 0. The summed E-state index contributed by atoms with van der Waals surface area (Å²) in [6.07, 6.45) is 0.890. The number of anilines is 1. The predicted octanol–water partition coefficient (Wildman–Crippen LogP) is 4.19. The first kappa shape index (κ1) is 18.2. The lowest BCUT2D eigenvalue weighted by atomic mass is 9.81. The Balaban J connectivity index is 1.64. The van der Waals surface area contributed by atoms with Crippen LogP contribution in [0.15, 0.2) is 65.5 Å². The Morgan fingerprint density at radius 3 is 2.46 bits per heavy atom. The Kier molecular flexibility index (Phi) is 4.84. The number of nitrogens with one attached hydrogen (secondary N) is 2. The molecule has 0 radical (unpaired) electrons. The SMILES string of the molecule is O=C1C[C@H](c2ccccc2)Cc2[nH]c(=O)c(C(=O)Nc3ccccc3Cl)cc21. The highest BCUT2D eigenvalue weighted by atomic mass is 35.5. The number of fused-ring (bicyclic) bond motifs is 1. The van der Waals surface area contributed by atoms with Crippen LogP contribution in [0.3, 0.4) is 0 Å². The number of aromatic amines is 1. The molecule has 3 aromatic rings. The number of benzene rings is 2. The van der Waals surface area contributed by atoms with Crippen molar-refractivity contribution < 1.29 is 9.59 Å². The van der Waals surface area contributed by atoms with E-state index in [0.717, 1.165) is 5.56 Å². The summed E-state index contributed by atoms with van der Waals surface area (Å²) in [5.74, 6) is -0.673. The van der Waals surface area contributed by atoms with E-state index in [0.29, 0.717) is 34.8 Å². The van der Waals surface area contributed by atoms with Crippen LogP contribution in [0.5, 0.6) is 0 Å². The van der Waals surface area contributed by atoms with Gasteiger partial charge in [0.25, 0.3) is 11.5 Å². The van der Waals surface area contributed by atoms with Gasteiger partial charge < -0.3 is 10.3 Å². The molecule has 1 heterocycles. The molecular weight excluding hydrogens is 376 g/mol. The molecule has 0 unspecified atom stereocenters. The lowest BCUT2D eigenvalue weighted by Gasteiger charge is -2.24. The van der Waals surface area contributed by atoms with Crippen molar-refractivity contribution in [3.05, 3.63) is 98.4 Å². The molecule has 1 amide bonds. The maximum absolute atomic E-state index is 12.7. The Morgan fingerprint density at radius 2 is 1.71 bits per heavy atom. The largest absolute Gasteiger partial charge is 0.325 e. The minimum absolute atomic E-state index is 0.0136. The molecule has 140 valence electrons. The third kappa shape index (κ3) is 3.49. The second kappa shape index (κ2) is 7.44. The number of Topliss-reactive ketones (excluding diaryl/α,β-unsaturated/α-hetero) is 1. The fourth-order valence-corrected chi connectivity index (χ4v) is 3.70. The second-order valence-corrected chi connectivity index (χ2v) is 7.18. The number of H-pyrrole nitrogens is 1. The first-order chi connectivity index (χ1) is 13.5. The highest BCUT2D eigenvalue weighted by molar-refractivity contribution is 6.33. The summed E-state index contributed by atoms with van der Waals surface area (Å²) in [5, 5.41) is 2.99. The van der Waals surface area contributed by atoms with E-state index in [1.807, 2.05) is 30.3 Å². The van der Waals surface area contributed by atoms with Crippen molar-refractivity contribution in [1.29, 1.82) is 0 Å². The Morgan fingerprint density at radius 1 is 1.00 bits per heavy atom. The van der Waals surface area contributed by atoms with E-state index in [-0.39, 0.29) is 17.3 Å². The van der Waals surface area contributed by atoms with Crippen LogP contribution in [0.1, 0.15) is 44.3 Å². The van der Waals surface area contributed by atoms with Crippen molar-refractivity contribution >= 4 is 29.0 Å². The van der Waals surface area contributed by atoms with Gasteiger partial charge >= 0.3 is 0 Å². The summed E-state index contributed by atoms with van der Waals surface area (Å²) >= 11 is 6.05. The van der Waals surface area contributed by atoms with Crippen LogP contribution in [-0.2, 0) is 6.42 Å². The predicted molar refractivity (Wildman–Crippen MR) is 108 cm³/mol. The smallest absolute Gasteiger partial charge is 0.261 e. The van der Waals surface area contributed by atoms with Gasteiger partial charge in [-0.15, -0.1) is 0 Å². The quantitative estimate of drug-likeness (QED) is 0.701. The van der Waals surface area contributed by atoms with Crippen molar-refractivity contribution in [3.8, 4) is 0 Å². The monoisotopic (exact) mass is 392 g/mol. The van der Waals surface area contributed by atoms with E-state index in [2.05, 4.69) is 10.3 Å². The topological polar surface area (TPSA) is 79.0 Å². The first-order valence-corrected chi connectivity index (χ1v) is 9.31. The molecule has 0 saturated carbocycles. The van der Waals surface area contributed by atoms with Gasteiger partial charge in [0.2, 0.25) is 0 Å². The van der Waals surface area contributed by atoms with Crippen LogP contribution >= 0.6 is 11.6 Å². The number of carbonyl (C=O) groups is 2. The van der Waals surface area contributed by atoms with Crippen molar-refractivity contribution in [2.45, 2.75) is 18.8 Å². The molecular formula is C22H17ClN2O3. The number of hydrogen-bond donors (Lipinski definition) is 2. The van der Waals surface area contributed by atoms with Crippen molar-refractivity contribution in [3.63, 3.8) is 0 Å². The van der Waals surface area contributed by atoms with Crippen LogP contribution in [0.4, 0.5) is 5.69 Å². The minimum atomic E-state index is -0.602. The average Bonchev–Trinajstić information content (AvgIpc) is 2.69. The molecule has 5 nitrogen and oxygen atoms in total. The summed E-state index contributed by atoms with van der Waals surface area (Å²) in [5.41, 5.74) is 1.81. The van der Waals surface area contributed by atoms with Gasteiger partial charge in [0.05, 0.1) is 10.7 Å². The van der Waals surface area contributed by atoms with E-state index in [1.165, 1.54) is 6.07 Å². The molecule has 2 N–H and O–H groups in total. The van der Waals surface area contributed by atoms with Gasteiger partial charge in [-0.1, -0.05) is 54.1 Å². The molecule has 1 atom stereocenters. The van der Waals surface area contributed by atoms with Gasteiger partial charge in [-0.05, 0) is 36.1 Å². The van der Waals surface area contributed by atoms with Crippen molar-refractivity contribution in [1.82, 2.24) is 4.98 Å². The van der Waals surface area contributed by atoms with E-state index in [9.17, 15) is 14.4 Å². The summed E-state index contributed by atoms with van der Waals surface area (Å²) in [6.45, 7) is 0. The van der Waals surface area contributed by atoms with Gasteiger partial charge in [0.1, 0.15) is 5.56 Å². The molecule has 0 aliphatic heterocycles. The third-order valence-electron chi connectivity index (χ3n) is 4.94. The fraction of sp³-hybridized carbons (Fsp3) is 0.136. The molecule has 1 aliphatic carbocycles. The van der Waals surface area contributed by atoms with Crippen LogP contribution in [-0.4, -0.2) is 16.7 Å². The number of aromatic nitrogens is 1. The van der Waals surface area contributed by atoms with E-state index in [1.54, 1.807) is 24.3 Å². The lowest BCUT2D eigenvalue weighted by molar-refractivity contribution is 0.0963. The van der Waals surface area contributed by atoms with Crippen LogP contribution < -0.4 is 10.9 Å². The van der Waals surface area contributed by atoms with Gasteiger partial charge in [0.15, 0.2) is 5.78 Å². The number of para-hydroxylation sites is 1. The van der Waals surface area contributed by atoms with E-state index >= 15 is 0 Å². The van der Waals surface area contributed by atoms with Crippen molar-refractivity contribution in [2.24, 2.45) is 0 Å². The van der Waals surface area contributed by atoms with Gasteiger partial charge in [-0.25, -0.2) is 0 Å². The Bertz CT molecular complexity index is 1120. The number of carbonyl (C=O) groups excluding carboxylic acids is 2. The maximum atomic E-state index is 12.7. The van der Waals surface area contributed by atoms with Crippen molar-refractivity contribution in [2.75, 3.05) is 5.32 Å². The molecule has 6 heteroatoms. The van der Waals surface area contributed by atoms with E-state index < -0.39 is 11.5 Å². The normalized spacial score (nSPS) is 15.8.